The summed E-state index contributed by atoms with van der Waals surface area (Å²) in [4.78, 5) is 21.5. The Morgan fingerprint density at radius 1 is 1.06 bits per heavy atom. The topological polar surface area (TPSA) is 81.7 Å². The molecule has 0 heterocycles. The number of hydrogen-bond acceptors (Lipinski definition) is 5. The summed E-state index contributed by atoms with van der Waals surface area (Å²) in [5.41, 5.74) is 0. The Hall–Kier alpha value is -1.82. The minimum absolute atomic E-state index is 0.0699. The van der Waals surface area contributed by atoms with Crippen molar-refractivity contribution in [3.8, 4) is 0 Å². The van der Waals surface area contributed by atoms with Crippen LogP contribution in [0.2, 0.25) is 0 Å². The first-order valence-corrected chi connectivity index (χ1v) is 5.03. The summed E-state index contributed by atoms with van der Waals surface area (Å²) < 4.78 is 14.1. The molecule has 0 saturated carbocycles. The zero-order valence-electron chi connectivity index (χ0n) is 9.42. The highest BCUT2D eigenvalue weighted by molar-refractivity contribution is 5.81. The Morgan fingerprint density at radius 2 is 1.76 bits per heavy atom. The van der Waals surface area contributed by atoms with Crippen molar-refractivity contribution in [2.45, 2.75) is 6.42 Å². The number of esters is 2. The van der Waals surface area contributed by atoms with Gasteiger partial charge in [-0.3, -0.25) is 0 Å². The van der Waals surface area contributed by atoms with Crippen molar-refractivity contribution < 1.29 is 28.9 Å². The number of hydrogen-bond donors (Lipinski definition) is 0. The first kappa shape index (κ1) is 15.2. The lowest BCUT2D eigenvalue weighted by atomic mass is 10.5. The molecule has 0 fully saturated rings. The van der Waals surface area contributed by atoms with Crippen molar-refractivity contribution in [2.24, 2.45) is 0 Å². The van der Waals surface area contributed by atoms with E-state index in [0.29, 0.717) is 0 Å². The Labute approximate surface area is 99.5 Å². The molecule has 0 aliphatic heterocycles. The van der Waals surface area contributed by atoms with Gasteiger partial charge in [0.2, 0.25) is 0 Å². The highest BCUT2D eigenvalue weighted by Gasteiger charge is 1.96. The van der Waals surface area contributed by atoms with Gasteiger partial charge in [0.15, 0.2) is 0 Å². The van der Waals surface area contributed by atoms with Gasteiger partial charge >= 0.3 is 11.9 Å². The third-order valence-corrected chi connectivity index (χ3v) is 1.45. The van der Waals surface area contributed by atoms with E-state index in [0.717, 1.165) is 18.4 Å². The molecule has 0 rings (SSSR count). The van der Waals surface area contributed by atoms with Crippen LogP contribution in [0.3, 0.4) is 0 Å². The van der Waals surface area contributed by atoms with Crippen LogP contribution in [0.4, 0.5) is 0 Å². The largest absolute Gasteiger partial charge is 0.497 e. The maximum atomic E-state index is 10.9. The molecule has 0 spiro atoms. The molecule has 0 amide bonds. The normalized spacial score (nSPS) is 9.94. The molecule has 1 radical (unpaired) electrons. The monoisotopic (exact) mass is 243 g/mol. The van der Waals surface area contributed by atoms with E-state index in [1.807, 2.05) is 0 Å². The molecule has 0 aliphatic rings. The van der Waals surface area contributed by atoms with E-state index in [4.69, 9.17) is 4.74 Å². The summed E-state index contributed by atoms with van der Waals surface area (Å²) in [6.45, 7) is 3.25. The van der Waals surface area contributed by atoms with E-state index >= 15 is 0 Å². The smallest absolute Gasteiger partial charge is 0.333 e. The third-order valence-electron chi connectivity index (χ3n) is 1.45. The average molecular weight is 243 g/mol. The van der Waals surface area contributed by atoms with Gasteiger partial charge in [0.05, 0.1) is 25.6 Å². The molecule has 0 bridgehead atoms. The van der Waals surface area contributed by atoms with Crippen LogP contribution in [0.1, 0.15) is 6.42 Å². The van der Waals surface area contributed by atoms with Gasteiger partial charge in [0, 0.05) is 12.5 Å². The zero-order chi connectivity index (χ0) is 12.9. The van der Waals surface area contributed by atoms with Crippen LogP contribution in [0, 0.1) is 0 Å². The summed E-state index contributed by atoms with van der Waals surface area (Å²) in [6.07, 6.45) is 3.56. The quantitative estimate of drug-likeness (QED) is 0.256. The van der Waals surface area contributed by atoms with Crippen LogP contribution in [-0.4, -0.2) is 38.4 Å². The van der Waals surface area contributed by atoms with Gasteiger partial charge < -0.3 is 14.2 Å². The maximum Gasteiger partial charge on any atom is 0.333 e. The molecule has 6 heteroatoms. The van der Waals surface area contributed by atoms with Crippen molar-refractivity contribution in [1.82, 2.24) is 0 Å². The van der Waals surface area contributed by atoms with Gasteiger partial charge in [0.25, 0.3) is 0 Å². The molecule has 6 nitrogen and oxygen atoms in total. The molecule has 0 N–H and O–H groups in total. The molecule has 17 heavy (non-hydrogen) atoms. The molecular weight excluding hydrogens is 228 g/mol. The number of carbonyl (C=O) groups is 2. The Kier molecular flexibility index (Phi) is 9.55. The number of rotatable bonds is 9. The van der Waals surface area contributed by atoms with Crippen LogP contribution in [0.25, 0.3) is 0 Å². The number of ether oxygens (including phenoxy) is 3. The summed E-state index contributed by atoms with van der Waals surface area (Å²) >= 11 is 0. The predicted octanol–water partition coefficient (Wildman–Crippen LogP) is 0.610. The Bertz CT molecular complexity index is 271. The van der Waals surface area contributed by atoms with Gasteiger partial charge in [-0.1, -0.05) is 6.58 Å². The second kappa shape index (κ2) is 10.7. The lowest BCUT2D eigenvalue weighted by Gasteiger charge is -2.01. The number of carbonyl (C=O) groups excluding carboxylic acids is 2. The summed E-state index contributed by atoms with van der Waals surface area (Å²) in [6, 6.07) is 0. The molecule has 0 aromatic carbocycles. The van der Waals surface area contributed by atoms with Crippen LogP contribution in [0.15, 0.2) is 25.0 Å². The standard InChI is InChI=1S/C11H15O6/c1-2-10(13)17-9-8-15-7-4-11(14)16-6-3-5-12/h2,4,7H,1,3,5-6,8-9H2. The van der Waals surface area contributed by atoms with Crippen LogP contribution < -0.4 is 0 Å². The van der Waals surface area contributed by atoms with Gasteiger partial charge in [-0.2, -0.15) is 0 Å². The molecular formula is C11H15O6. The van der Waals surface area contributed by atoms with E-state index in [2.05, 4.69) is 16.1 Å². The van der Waals surface area contributed by atoms with Crippen LogP contribution in [0.5, 0.6) is 0 Å². The minimum Gasteiger partial charge on any atom is -0.497 e. The fourth-order valence-electron chi connectivity index (χ4n) is 0.701. The fraction of sp³-hybridized carbons (Fsp3) is 0.455. The van der Waals surface area contributed by atoms with Gasteiger partial charge in [-0.25, -0.2) is 14.7 Å². The van der Waals surface area contributed by atoms with Crippen molar-refractivity contribution in [3.05, 3.63) is 25.0 Å². The lowest BCUT2D eigenvalue weighted by Crippen LogP contribution is -2.07. The minimum atomic E-state index is -0.582. The summed E-state index contributed by atoms with van der Waals surface area (Å²) in [5.74, 6) is -1.11. The average Bonchev–Trinajstić information content (AvgIpc) is 2.33. The lowest BCUT2D eigenvalue weighted by molar-refractivity contribution is -0.140. The van der Waals surface area contributed by atoms with Gasteiger partial charge in [0.1, 0.15) is 13.2 Å². The van der Waals surface area contributed by atoms with Crippen molar-refractivity contribution in [3.63, 3.8) is 0 Å². The zero-order valence-corrected chi connectivity index (χ0v) is 9.42. The molecule has 95 valence electrons. The molecule has 0 atom stereocenters. The Morgan fingerprint density at radius 3 is 2.41 bits per heavy atom. The third kappa shape index (κ3) is 10.5. The van der Waals surface area contributed by atoms with Crippen molar-refractivity contribution in [2.75, 3.05) is 26.4 Å². The van der Waals surface area contributed by atoms with E-state index in [1.165, 1.54) is 0 Å². The Balaban J connectivity index is 3.43. The van der Waals surface area contributed by atoms with E-state index in [9.17, 15) is 14.7 Å². The van der Waals surface area contributed by atoms with Crippen LogP contribution >= 0.6 is 0 Å². The highest BCUT2D eigenvalue weighted by atomic mass is 16.6. The summed E-state index contributed by atoms with van der Waals surface area (Å²) in [7, 11) is 0. The van der Waals surface area contributed by atoms with Crippen molar-refractivity contribution in [1.29, 1.82) is 0 Å². The second-order valence-electron chi connectivity index (χ2n) is 2.77. The maximum absolute atomic E-state index is 10.9. The predicted molar refractivity (Wildman–Crippen MR) is 57.4 cm³/mol. The van der Waals surface area contributed by atoms with Gasteiger partial charge in [-0.15, -0.1) is 0 Å². The van der Waals surface area contributed by atoms with Crippen LogP contribution in [-0.2, 0) is 28.9 Å². The first-order valence-electron chi connectivity index (χ1n) is 5.03. The molecule has 0 saturated heterocycles. The fourth-order valence-corrected chi connectivity index (χ4v) is 0.701. The molecule has 0 aromatic heterocycles. The summed E-state index contributed by atoms with van der Waals surface area (Å²) in [5, 5.41) is 10.0. The van der Waals surface area contributed by atoms with Crippen molar-refractivity contribution >= 4 is 11.9 Å². The molecule has 0 unspecified atom stereocenters. The van der Waals surface area contributed by atoms with E-state index in [1.54, 1.807) is 0 Å². The molecule has 0 aliphatic carbocycles. The highest BCUT2D eigenvalue weighted by Crippen LogP contribution is 1.87. The SMILES string of the molecule is C=CC(=O)OCCOC=CC(=O)OCCC[O]. The van der Waals surface area contributed by atoms with Gasteiger partial charge in [-0.05, 0) is 0 Å². The first-order chi connectivity index (χ1) is 8.20. The molecule has 0 aromatic rings. The van der Waals surface area contributed by atoms with E-state index in [-0.39, 0.29) is 32.8 Å². The second-order valence-corrected chi connectivity index (χ2v) is 2.77. The van der Waals surface area contributed by atoms with E-state index < -0.39 is 11.9 Å².